The van der Waals surface area contributed by atoms with Crippen molar-refractivity contribution in [2.45, 2.75) is 6.18 Å². The van der Waals surface area contributed by atoms with Crippen LogP contribution in [0, 0.1) is 11.6 Å². The van der Waals surface area contributed by atoms with Crippen molar-refractivity contribution in [3.05, 3.63) is 230 Å². The third-order valence-electron chi connectivity index (χ3n) is 14.1. The van der Waals surface area contributed by atoms with E-state index in [9.17, 15) is 0 Å². The first-order chi connectivity index (χ1) is 34.2. The fraction of sp³-hybridized carbons (Fsp3) is 0.0164. The molecule has 0 fully saturated rings. The normalized spacial score (nSPS) is 12.4. The molecule has 334 valence electrons. The van der Waals surface area contributed by atoms with E-state index in [4.69, 9.17) is 0 Å². The number of hydrogen-bond acceptors (Lipinski definition) is 0. The van der Waals surface area contributed by atoms with Gasteiger partial charge >= 0.3 is 6.18 Å². The molecular formula is C61H35F5N4. The summed E-state index contributed by atoms with van der Waals surface area (Å²) in [6.45, 7) is 0. The fourth-order valence-corrected chi connectivity index (χ4v) is 11.3. The Kier molecular flexibility index (Phi) is 8.47. The van der Waals surface area contributed by atoms with Gasteiger partial charge in [0.25, 0.3) is 0 Å². The quantitative estimate of drug-likeness (QED) is 0.153. The van der Waals surface area contributed by atoms with Crippen LogP contribution in [0.4, 0.5) is 22.0 Å². The van der Waals surface area contributed by atoms with E-state index in [1.807, 2.05) is 121 Å². The van der Waals surface area contributed by atoms with Crippen molar-refractivity contribution < 1.29 is 22.0 Å². The number of nitrogens with zero attached hydrogens (tertiary/aromatic N) is 4. The lowest BCUT2D eigenvalue weighted by Crippen LogP contribution is -2.17. The summed E-state index contributed by atoms with van der Waals surface area (Å²) in [5, 5.41) is 7.28. The van der Waals surface area contributed by atoms with Crippen molar-refractivity contribution in [3.63, 3.8) is 0 Å². The summed E-state index contributed by atoms with van der Waals surface area (Å²) in [5.41, 5.74) is 6.43. The van der Waals surface area contributed by atoms with Crippen molar-refractivity contribution >= 4 is 87.2 Å². The number of halogens is 5. The predicted octanol–water partition coefficient (Wildman–Crippen LogP) is 17.0. The number of para-hydroxylation sites is 6. The third-order valence-corrected chi connectivity index (χ3v) is 14.1. The first kappa shape index (κ1) is 40.1. The fourth-order valence-electron chi connectivity index (χ4n) is 11.3. The second kappa shape index (κ2) is 14.8. The molecule has 14 aromatic rings. The summed E-state index contributed by atoms with van der Waals surface area (Å²) >= 11 is 0. The van der Waals surface area contributed by atoms with Gasteiger partial charge in [-0.15, -0.1) is 0 Å². The van der Waals surface area contributed by atoms with E-state index in [0.29, 0.717) is 32.8 Å². The second-order valence-corrected chi connectivity index (χ2v) is 17.9. The minimum absolute atomic E-state index is 0.0121. The molecule has 14 rings (SSSR count). The van der Waals surface area contributed by atoms with Crippen LogP contribution in [0.5, 0.6) is 0 Å². The van der Waals surface area contributed by atoms with E-state index in [1.165, 1.54) is 6.07 Å². The maximum absolute atomic E-state index is 16.9. The van der Waals surface area contributed by atoms with Gasteiger partial charge in [-0.3, -0.25) is 0 Å². The van der Waals surface area contributed by atoms with E-state index in [0.717, 1.165) is 84.0 Å². The molecule has 0 unspecified atom stereocenters. The molecule has 0 aliphatic heterocycles. The minimum atomic E-state index is -4.99. The lowest BCUT2D eigenvalue weighted by Gasteiger charge is -2.24. The molecule has 9 heteroatoms. The van der Waals surface area contributed by atoms with Crippen LogP contribution < -0.4 is 0 Å². The summed E-state index contributed by atoms with van der Waals surface area (Å²) in [5.74, 6) is -1.81. The highest BCUT2D eigenvalue weighted by atomic mass is 19.4. The van der Waals surface area contributed by atoms with Crippen LogP contribution in [-0.2, 0) is 6.18 Å². The molecule has 0 bridgehead atoms. The maximum atomic E-state index is 16.9. The SMILES string of the molecule is Fc1cc(F)cc(-c2ccc(-n3c4ccccc4c4cc(-n5c6ccccc6c6ccccc65)ccc43)c(C(F)(F)F)c2-n2c3ccccc3c3cc(-n4c5ccccc5c5ccccc54)ccc32)c1. The third kappa shape index (κ3) is 5.75. The number of hydrogen-bond donors (Lipinski definition) is 0. The van der Waals surface area contributed by atoms with Gasteiger partial charge in [-0.05, 0) is 96.6 Å². The topological polar surface area (TPSA) is 19.7 Å². The minimum Gasteiger partial charge on any atom is -0.309 e. The van der Waals surface area contributed by atoms with Crippen LogP contribution in [0.25, 0.3) is 121 Å². The van der Waals surface area contributed by atoms with Crippen LogP contribution in [0.3, 0.4) is 0 Å². The first-order valence-electron chi connectivity index (χ1n) is 23.0. The largest absolute Gasteiger partial charge is 0.420 e. The van der Waals surface area contributed by atoms with Gasteiger partial charge in [0.2, 0.25) is 0 Å². The van der Waals surface area contributed by atoms with E-state index in [2.05, 4.69) is 57.7 Å². The van der Waals surface area contributed by atoms with Gasteiger partial charge in [-0.25, -0.2) is 8.78 Å². The summed E-state index contributed by atoms with van der Waals surface area (Å²) in [7, 11) is 0. The second-order valence-electron chi connectivity index (χ2n) is 17.9. The van der Waals surface area contributed by atoms with Gasteiger partial charge in [0.05, 0.1) is 55.5 Å². The lowest BCUT2D eigenvalue weighted by molar-refractivity contribution is -0.137. The highest BCUT2D eigenvalue weighted by molar-refractivity contribution is 6.15. The molecule has 0 aliphatic rings. The van der Waals surface area contributed by atoms with Crippen LogP contribution >= 0.6 is 0 Å². The number of alkyl halides is 3. The van der Waals surface area contributed by atoms with Gasteiger partial charge in [0, 0.05) is 66.1 Å². The predicted molar refractivity (Wildman–Crippen MR) is 274 cm³/mol. The van der Waals surface area contributed by atoms with Gasteiger partial charge in [-0.1, -0.05) is 115 Å². The van der Waals surface area contributed by atoms with Gasteiger partial charge in [0.15, 0.2) is 0 Å². The van der Waals surface area contributed by atoms with Crippen LogP contribution in [-0.4, -0.2) is 18.3 Å². The Labute approximate surface area is 395 Å². The molecule has 0 saturated carbocycles. The molecule has 0 aliphatic carbocycles. The molecule has 0 saturated heterocycles. The van der Waals surface area contributed by atoms with Gasteiger partial charge < -0.3 is 18.3 Å². The molecule has 70 heavy (non-hydrogen) atoms. The van der Waals surface area contributed by atoms with E-state index in [-0.39, 0.29) is 22.5 Å². The van der Waals surface area contributed by atoms with E-state index >= 15 is 22.0 Å². The summed E-state index contributed by atoms with van der Waals surface area (Å²) in [6.07, 6.45) is -4.99. The highest BCUT2D eigenvalue weighted by Gasteiger charge is 2.40. The Morgan fingerprint density at radius 1 is 0.300 bits per heavy atom. The molecule has 0 N–H and O–H groups in total. The van der Waals surface area contributed by atoms with Crippen molar-refractivity contribution in [1.82, 2.24) is 18.3 Å². The highest BCUT2D eigenvalue weighted by Crippen LogP contribution is 2.48. The average molecular weight is 919 g/mol. The molecule has 0 spiro atoms. The Morgan fingerprint density at radius 2 is 0.643 bits per heavy atom. The van der Waals surface area contributed by atoms with Crippen LogP contribution in [0.2, 0.25) is 0 Å². The smallest absolute Gasteiger partial charge is 0.309 e. The molecule has 0 radical (unpaired) electrons. The Hall–Kier alpha value is -8.95. The average Bonchev–Trinajstić information content (AvgIpc) is 4.10. The summed E-state index contributed by atoms with van der Waals surface area (Å²) < 4.78 is 88.9. The summed E-state index contributed by atoms with van der Waals surface area (Å²) in [4.78, 5) is 0. The molecule has 10 aromatic carbocycles. The molecular weight excluding hydrogens is 884 g/mol. The van der Waals surface area contributed by atoms with E-state index < -0.39 is 23.4 Å². The first-order valence-corrected chi connectivity index (χ1v) is 23.0. The van der Waals surface area contributed by atoms with Crippen LogP contribution in [0.15, 0.2) is 212 Å². The van der Waals surface area contributed by atoms with Crippen molar-refractivity contribution in [2.24, 2.45) is 0 Å². The number of benzene rings is 10. The molecule has 0 atom stereocenters. The van der Waals surface area contributed by atoms with Gasteiger partial charge in [0.1, 0.15) is 17.2 Å². The van der Waals surface area contributed by atoms with E-state index in [1.54, 1.807) is 27.3 Å². The zero-order valence-corrected chi connectivity index (χ0v) is 36.9. The summed E-state index contributed by atoms with van der Waals surface area (Å²) in [6, 6.07) is 65.1. The zero-order valence-electron chi connectivity index (χ0n) is 36.9. The zero-order chi connectivity index (χ0) is 47.0. The maximum Gasteiger partial charge on any atom is 0.420 e. The van der Waals surface area contributed by atoms with Crippen molar-refractivity contribution in [1.29, 1.82) is 0 Å². The Bertz CT molecular complexity index is 4380. The monoisotopic (exact) mass is 918 g/mol. The van der Waals surface area contributed by atoms with Gasteiger partial charge in [-0.2, -0.15) is 13.2 Å². The molecule has 4 nitrogen and oxygen atoms in total. The van der Waals surface area contributed by atoms with Crippen molar-refractivity contribution in [3.8, 4) is 33.9 Å². The van der Waals surface area contributed by atoms with Crippen molar-refractivity contribution in [2.75, 3.05) is 0 Å². The lowest BCUT2D eigenvalue weighted by atomic mass is 9.96. The number of rotatable bonds is 5. The molecule has 0 amide bonds. The number of aromatic nitrogens is 4. The number of fused-ring (bicyclic) bond motifs is 12. The standard InChI is InChI=1S/C61H35F5N4/c62-37-31-36(32-38(63)33-37)41-27-30-58(69-54-23-11-5-17-46(54)48-34-39(25-28-56(48)69)67-50-19-7-1-13-42(50)43-14-2-8-20-51(43)67)59(61(64,65)66)60(41)70-55-24-12-6-18-47(55)49-35-40(26-29-57(49)70)68-52-21-9-3-15-44(52)45-16-4-10-22-53(45)68/h1-35H. The molecule has 4 aromatic heterocycles. The molecule has 4 heterocycles. The Balaban J connectivity index is 1.08. The Morgan fingerprint density at radius 3 is 1.06 bits per heavy atom. The van der Waals surface area contributed by atoms with Crippen LogP contribution in [0.1, 0.15) is 5.56 Å².